The Kier molecular flexibility index (Phi) is 16.2. The van der Waals surface area contributed by atoms with Crippen molar-refractivity contribution in [1.29, 1.82) is 0 Å². The first kappa shape index (κ1) is 48.9. The van der Waals surface area contributed by atoms with E-state index in [9.17, 15) is 29.1 Å². The third-order valence-electron chi connectivity index (χ3n) is 8.26. The molecule has 344 valence electrons. The highest BCUT2D eigenvalue weighted by molar-refractivity contribution is 5.93. The van der Waals surface area contributed by atoms with Gasteiger partial charge >= 0.3 is 24.1 Å². The SMILES string of the molecule is COC(=O)c1coc(C(CO)NC(=O)c2coc(C(NC(=O)OC(C)(C)C)C(C)C)n2)n1.COC(=O)c1coc(C2COC(c3coc(C(NC(=O)OC(C)(C)C)C(C)C)n3)=N2)n1. The Morgan fingerprint density at radius 3 is 1.68 bits per heavy atom. The summed E-state index contributed by atoms with van der Waals surface area (Å²) in [6.45, 7) is 17.7. The Hall–Kier alpha value is -6.78. The molecule has 0 aliphatic carbocycles. The van der Waals surface area contributed by atoms with Crippen molar-refractivity contribution in [2.45, 2.75) is 105 Å². The number of carbonyl (C=O) groups is 5. The molecule has 0 fully saturated rings. The minimum absolute atomic E-state index is 0.0118. The van der Waals surface area contributed by atoms with Crippen LogP contribution in [0.4, 0.5) is 9.59 Å². The minimum atomic E-state index is -1.04. The maximum atomic E-state index is 12.6. The van der Waals surface area contributed by atoms with Gasteiger partial charge in [0, 0.05) is 0 Å². The quantitative estimate of drug-likeness (QED) is 0.0919. The van der Waals surface area contributed by atoms with Crippen molar-refractivity contribution >= 4 is 35.9 Å². The summed E-state index contributed by atoms with van der Waals surface area (Å²) in [5.74, 6) is -1.33. The molecule has 5 rings (SSSR count). The number of oxazole rings is 4. The number of rotatable bonds is 14. The van der Waals surface area contributed by atoms with Crippen molar-refractivity contribution in [3.8, 4) is 0 Å². The Balaban J connectivity index is 0.000000277. The fourth-order valence-corrected chi connectivity index (χ4v) is 5.30. The summed E-state index contributed by atoms with van der Waals surface area (Å²) in [4.78, 5) is 80.9. The number of aliphatic hydroxyl groups is 1. The van der Waals surface area contributed by atoms with Crippen molar-refractivity contribution in [3.63, 3.8) is 0 Å². The molecule has 0 bridgehead atoms. The van der Waals surface area contributed by atoms with Gasteiger partial charge in [0.1, 0.15) is 61.0 Å². The van der Waals surface area contributed by atoms with Crippen LogP contribution in [-0.4, -0.2) is 99.6 Å². The molecule has 0 radical (unpaired) electrons. The molecule has 5 heterocycles. The molecular formula is C40H54N8O15. The highest BCUT2D eigenvalue weighted by atomic mass is 16.6. The first-order chi connectivity index (χ1) is 29.5. The number of aromatic nitrogens is 4. The molecule has 4 atom stereocenters. The van der Waals surface area contributed by atoms with E-state index in [0.29, 0.717) is 11.6 Å². The number of esters is 2. The van der Waals surface area contributed by atoms with Gasteiger partial charge in [0.2, 0.25) is 29.5 Å². The molecule has 23 nitrogen and oxygen atoms in total. The van der Waals surface area contributed by atoms with Crippen LogP contribution in [0.1, 0.15) is 154 Å². The molecule has 4 N–H and O–H groups in total. The zero-order valence-corrected chi connectivity index (χ0v) is 37.1. The van der Waals surface area contributed by atoms with Crippen LogP contribution in [0.3, 0.4) is 0 Å². The molecular weight excluding hydrogens is 832 g/mol. The number of alkyl carbamates (subject to hydrolysis) is 2. The van der Waals surface area contributed by atoms with Crippen molar-refractivity contribution in [2.24, 2.45) is 16.8 Å². The molecule has 0 saturated carbocycles. The Morgan fingerprint density at radius 1 is 0.683 bits per heavy atom. The number of hydrogen-bond acceptors (Lipinski definition) is 20. The molecule has 3 amide bonds. The van der Waals surface area contributed by atoms with Gasteiger partial charge in [-0.3, -0.25) is 4.79 Å². The molecule has 0 spiro atoms. The summed E-state index contributed by atoms with van der Waals surface area (Å²) in [5, 5.41) is 17.6. The van der Waals surface area contributed by atoms with Gasteiger partial charge in [0.05, 0.1) is 20.8 Å². The first-order valence-corrected chi connectivity index (χ1v) is 19.6. The molecule has 4 unspecified atom stereocenters. The van der Waals surface area contributed by atoms with Gasteiger partial charge in [0.25, 0.3) is 5.91 Å². The lowest BCUT2D eigenvalue weighted by Gasteiger charge is -2.24. The molecule has 4 aromatic rings. The third-order valence-corrected chi connectivity index (χ3v) is 8.26. The number of ether oxygens (including phenoxy) is 5. The van der Waals surface area contributed by atoms with E-state index in [4.69, 9.17) is 31.9 Å². The van der Waals surface area contributed by atoms with Crippen molar-refractivity contribution in [3.05, 3.63) is 71.4 Å². The van der Waals surface area contributed by atoms with Crippen LogP contribution in [0.5, 0.6) is 0 Å². The standard InChI is InChI=1S/C20H28N4O8.C20H26N4O7/c1-10(2)14(24-19(28)32-20(3,4)5)17-22-12(8-31-17)15(26)21-11(7-25)16-23-13(9-30-16)18(27)29-6;1-10(2)14(24-19(26)31-20(3,4)5)17-22-12(8-30-17)15-21-11(7-28-15)16-23-13(9-29-16)18(25)27-6/h8-11,14,25H,7H2,1-6H3,(H,21,26)(H,24,28);8-11,14H,7H2,1-6H3,(H,24,26). The van der Waals surface area contributed by atoms with Crippen LogP contribution < -0.4 is 16.0 Å². The highest BCUT2D eigenvalue weighted by Crippen LogP contribution is 2.28. The fourth-order valence-electron chi connectivity index (χ4n) is 5.30. The van der Waals surface area contributed by atoms with Crippen LogP contribution in [-0.2, 0) is 23.7 Å². The van der Waals surface area contributed by atoms with E-state index >= 15 is 0 Å². The maximum absolute atomic E-state index is 12.6. The van der Waals surface area contributed by atoms with Gasteiger partial charge in [0.15, 0.2) is 28.8 Å². The lowest BCUT2D eigenvalue weighted by atomic mass is 10.0. The monoisotopic (exact) mass is 886 g/mol. The van der Waals surface area contributed by atoms with E-state index < -0.39 is 72.0 Å². The van der Waals surface area contributed by atoms with Gasteiger partial charge in [-0.25, -0.2) is 44.1 Å². The van der Waals surface area contributed by atoms with Crippen LogP contribution in [0, 0.1) is 11.8 Å². The second kappa shape index (κ2) is 20.9. The highest BCUT2D eigenvalue weighted by Gasteiger charge is 2.32. The summed E-state index contributed by atoms with van der Waals surface area (Å²) in [7, 11) is 2.45. The average Bonchev–Trinajstić information content (AvgIpc) is 4.05. The smallest absolute Gasteiger partial charge is 0.408 e. The largest absolute Gasteiger partial charge is 0.473 e. The topological polar surface area (TPSA) is 304 Å². The number of nitrogens with one attached hydrogen (secondary N) is 3. The normalized spacial score (nSPS) is 15.2. The second-order valence-corrected chi connectivity index (χ2v) is 16.5. The van der Waals surface area contributed by atoms with Gasteiger partial charge in [-0.1, -0.05) is 27.7 Å². The van der Waals surface area contributed by atoms with Gasteiger partial charge in [-0.05, 0) is 53.4 Å². The van der Waals surface area contributed by atoms with E-state index in [1.54, 1.807) is 41.5 Å². The number of aliphatic hydroxyl groups excluding tert-OH is 1. The summed E-state index contributed by atoms with van der Waals surface area (Å²) in [6.07, 6.45) is 3.58. The number of nitrogens with zero attached hydrogens (tertiary/aromatic N) is 5. The van der Waals surface area contributed by atoms with E-state index in [1.165, 1.54) is 26.7 Å². The number of aliphatic imine (C=N–C) groups is 1. The number of methoxy groups -OCH3 is 2. The second-order valence-electron chi connectivity index (χ2n) is 16.5. The molecule has 4 aromatic heterocycles. The van der Waals surface area contributed by atoms with Crippen LogP contribution >= 0.6 is 0 Å². The van der Waals surface area contributed by atoms with Crippen molar-refractivity contribution in [2.75, 3.05) is 27.4 Å². The molecule has 0 aromatic carbocycles. The molecule has 1 aliphatic rings. The summed E-state index contributed by atoms with van der Waals surface area (Å²) >= 11 is 0. The molecule has 0 saturated heterocycles. The van der Waals surface area contributed by atoms with Crippen LogP contribution in [0.15, 0.2) is 47.7 Å². The Morgan fingerprint density at radius 2 is 1.16 bits per heavy atom. The van der Waals surface area contributed by atoms with E-state index in [2.05, 4.69) is 50.4 Å². The lowest BCUT2D eigenvalue weighted by Crippen LogP contribution is -2.37. The van der Waals surface area contributed by atoms with Gasteiger partial charge in [-0.15, -0.1) is 0 Å². The van der Waals surface area contributed by atoms with Gasteiger partial charge < -0.3 is 62.4 Å². The van der Waals surface area contributed by atoms with E-state index in [1.807, 2.05) is 27.7 Å². The summed E-state index contributed by atoms with van der Waals surface area (Å²) in [6, 6.07) is -2.72. The van der Waals surface area contributed by atoms with Crippen molar-refractivity contribution in [1.82, 2.24) is 35.9 Å². The Bertz CT molecular complexity index is 2220. The summed E-state index contributed by atoms with van der Waals surface area (Å²) in [5.41, 5.74) is -1.07. The number of amides is 3. The molecule has 1 aliphatic heterocycles. The number of carbonyl (C=O) groups excluding carboxylic acids is 5. The third kappa shape index (κ3) is 13.9. The van der Waals surface area contributed by atoms with Gasteiger partial charge in [-0.2, -0.15) is 0 Å². The summed E-state index contributed by atoms with van der Waals surface area (Å²) < 4.78 is 46.8. The maximum Gasteiger partial charge on any atom is 0.408 e. The average molecular weight is 887 g/mol. The predicted octanol–water partition coefficient (Wildman–Crippen LogP) is 5.32. The first-order valence-electron chi connectivity index (χ1n) is 19.6. The zero-order chi connectivity index (χ0) is 46.8. The van der Waals surface area contributed by atoms with Crippen molar-refractivity contribution < 1.29 is 70.4 Å². The Labute approximate surface area is 362 Å². The lowest BCUT2D eigenvalue weighted by molar-refractivity contribution is 0.0468. The molecule has 63 heavy (non-hydrogen) atoms. The van der Waals surface area contributed by atoms with Crippen LogP contribution in [0.2, 0.25) is 0 Å². The van der Waals surface area contributed by atoms with E-state index in [0.717, 1.165) is 12.5 Å². The van der Waals surface area contributed by atoms with E-state index in [-0.39, 0.29) is 59.1 Å². The van der Waals surface area contributed by atoms with Crippen LogP contribution in [0.25, 0.3) is 0 Å². The fraction of sp³-hybridized carbons (Fsp3) is 0.550. The number of hydrogen-bond donors (Lipinski definition) is 4. The predicted molar refractivity (Wildman–Crippen MR) is 215 cm³/mol. The minimum Gasteiger partial charge on any atom is -0.473 e. The molecule has 23 heteroatoms. The zero-order valence-electron chi connectivity index (χ0n) is 37.1.